The van der Waals surface area contributed by atoms with Crippen molar-refractivity contribution in [2.45, 2.75) is 52.6 Å². The molecule has 8 heteroatoms. The van der Waals surface area contributed by atoms with Crippen LogP contribution in [0, 0.1) is 0 Å². The average molecular weight is 569 g/mol. The first-order valence-electron chi connectivity index (χ1n) is 15.3. The largest absolute Gasteiger partial charge is 0.392 e. The van der Waals surface area contributed by atoms with E-state index in [-0.39, 0.29) is 12.5 Å². The lowest BCUT2D eigenvalue weighted by Crippen LogP contribution is -2.46. The van der Waals surface area contributed by atoms with Crippen molar-refractivity contribution in [3.8, 4) is 0 Å². The Balaban J connectivity index is 1.31. The van der Waals surface area contributed by atoms with Crippen molar-refractivity contribution >= 4 is 23.1 Å². The van der Waals surface area contributed by atoms with Crippen molar-refractivity contribution in [3.05, 3.63) is 88.3 Å². The molecule has 2 aromatic rings. The van der Waals surface area contributed by atoms with E-state index >= 15 is 0 Å². The number of aliphatic imine (C=N–C) groups is 1. The highest BCUT2D eigenvalue weighted by Crippen LogP contribution is 2.34. The number of pyridine rings is 1. The van der Waals surface area contributed by atoms with E-state index in [1.165, 1.54) is 29.8 Å². The molecule has 1 saturated heterocycles. The summed E-state index contributed by atoms with van der Waals surface area (Å²) in [6, 6.07) is 12.4. The van der Waals surface area contributed by atoms with Crippen molar-refractivity contribution in [2.75, 3.05) is 51.1 Å². The highest BCUT2D eigenvalue weighted by atomic mass is 16.3. The smallest absolute Gasteiger partial charge is 0.228 e. The number of rotatable bonds is 10. The number of aromatic nitrogens is 1. The number of carbonyl (C=O) groups is 1. The zero-order valence-electron chi connectivity index (χ0n) is 25.0. The van der Waals surface area contributed by atoms with Crippen molar-refractivity contribution in [1.82, 2.24) is 20.1 Å². The van der Waals surface area contributed by atoms with Crippen molar-refractivity contribution < 1.29 is 9.90 Å². The van der Waals surface area contributed by atoms with Gasteiger partial charge in [0.15, 0.2) is 5.82 Å². The molecule has 1 aromatic carbocycles. The number of benzene rings is 1. The van der Waals surface area contributed by atoms with Crippen LogP contribution in [0.4, 0.5) is 11.5 Å². The third-order valence-corrected chi connectivity index (χ3v) is 8.60. The first-order valence-corrected chi connectivity index (χ1v) is 15.3. The van der Waals surface area contributed by atoms with Crippen LogP contribution < -0.4 is 10.6 Å². The van der Waals surface area contributed by atoms with Crippen LogP contribution in [0.5, 0.6) is 0 Å². The lowest BCUT2D eigenvalue weighted by molar-refractivity contribution is -0.119. The maximum Gasteiger partial charge on any atom is 0.228 e. The minimum Gasteiger partial charge on any atom is -0.392 e. The number of piperazine rings is 1. The van der Waals surface area contributed by atoms with Crippen LogP contribution in [0.25, 0.3) is 0 Å². The topological polar surface area (TPSA) is 93.1 Å². The molecule has 3 N–H and O–H groups in total. The third kappa shape index (κ3) is 7.82. The summed E-state index contributed by atoms with van der Waals surface area (Å²) >= 11 is 0. The van der Waals surface area contributed by atoms with Gasteiger partial charge in [-0.25, -0.2) is 9.98 Å². The average Bonchev–Trinajstić information content (AvgIpc) is 3.16. The highest BCUT2D eigenvalue weighted by molar-refractivity contribution is 5.93. The zero-order valence-corrected chi connectivity index (χ0v) is 25.0. The van der Waals surface area contributed by atoms with Gasteiger partial charge in [-0.3, -0.25) is 4.79 Å². The molecule has 8 nitrogen and oxygen atoms in total. The van der Waals surface area contributed by atoms with Crippen LogP contribution in [-0.2, 0) is 17.8 Å². The predicted molar refractivity (Wildman–Crippen MR) is 170 cm³/mol. The van der Waals surface area contributed by atoms with Gasteiger partial charge in [0.05, 0.1) is 13.0 Å². The molecule has 1 amide bonds. The number of fused-ring (bicyclic) bond motifs is 1. The Bertz CT molecular complexity index is 1370. The maximum atomic E-state index is 12.7. The fourth-order valence-electron chi connectivity index (χ4n) is 6.00. The Morgan fingerprint density at radius 3 is 2.52 bits per heavy atom. The van der Waals surface area contributed by atoms with E-state index in [2.05, 4.69) is 63.5 Å². The number of aliphatic hydroxyl groups is 1. The van der Waals surface area contributed by atoms with E-state index in [0.717, 1.165) is 67.1 Å². The maximum absolute atomic E-state index is 12.7. The lowest BCUT2D eigenvalue weighted by Gasteiger charge is -2.34. The van der Waals surface area contributed by atoms with E-state index in [0.29, 0.717) is 31.6 Å². The number of amides is 1. The van der Waals surface area contributed by atoms with Gasteiger partial charge >= 0.3 is 0 Å². The quantitative estimate of drug-likeness (QED) is 0.383. The Hall–Kier alpha value is -3.59. The molecular formula is C34H44N6O2. The molecule has 1 fully saturated rings. The van der Waals surface area contributed by atoms with Crippen molar-refractivity contribution in [3.63, 3.8) is 0 Å². The number of hydrogen-bond donors (Lipinski definition) is 3. The summed E-state index contributed by atoms with van der Waals surface area (Å²) in [6.07, 6.45) is 9.09. The molecule has 0 atom stereocenters. The molecule has 0 saturated carbocycles. The number of nitrogens with one attached hydrogen (secondary N) is 2. The van der Waals surface area contributed by atoms with Gasteiger partial charge in [0.1, 0.15) is 0 Å². The summed E-state index contributed by atoms with van der Waals surface area (Å²) in [6.45, 7) is 11.9. The second kappa shape index (κ2) is 14.5. The van der Waals surface area contributed by atoms with Gasteiger partial charge in [-0.15, -0.1) is 0 Å². The Morgan fingerprint density at radius 1 is 1.00 bits per heavy atom. The van der Waals surface area contributed by atoms with Gasteiger partial charge in [0.2, 0.25) is 5.91 Å². The Morgan fingerprint density at radius 2 is 1.79 bits per heavy atom. The number of carbonyl (C=O) groups excluding carboxylic acids is 1. The van der Waals surface area contributed by atoms with Crippen LogP contribution >= 0.6 is 0 Å². The molecule has 1 aliphatic carbocycles. The van der Waals surface area contributed by atoms with Crippen LogP contribution in [-0.4, -0.2) is 77.3 Å². The van der Waals surface area contributed by atoms with Crippen LogP contribution in [0.2, 0.25) is 0 Å². The molecule has 3 heterocycles. The molecule has 3 aliphatic rings. The van der Waals surface area contributed by atoms with Gasteiger partial charge < -0.3 is 25.5 Å². The lowest BCUT2D eigenvalue weighted by atomic mass is 9.91. The number of likely N-dealkylation sites (N-methyl/N-ethyl adjacent to an activating group) is 1. The standard InChI is InChI=1S/C34H44N6O2/c1-3-27-20-30(38-33-19-26(24-41)9-12-35-33)21-28-10-13-36-34(42)22-31(27)32(28)23-37-29-7-5-25(6-8-29)11-14-40-17-15-39(4-2)16-18-40/h5-10,12-13,19,37,41H,3-4,11,14-18,20-24H2,1-2H3,(H,36,42). The van der Waals surface area contributed by atoms with Crippen molar-refractivity contribution in [1.29, 1.82) is 0 Å². The van der Waals surface area contributed by atoms with E-state index < -0.39 is 0 Å². The van der Waals surface area contributed by atoms with Crippen LogP contribution in [0.3, 0.4) is 0 Å². The van der Waals surface area contributed by atoms with Crippen LogP contribution in [0.15, 0.2) is 82.2 Å². The van der Waals surface area contributed by atoms with E-state index in [4.69, 9.17) is 4.99 Å². The summed E-state index contributed by atoms with van der Waals surface area (Å²) in [4.78, 5) is 27.1. The van der Waals surface area contributed by atoms with E-state index in [1.807, 2.05) is 12.1 Å². The van der Waals surface area contributed by atoms with Gasteiger partial charge in [0.25, 0.3) is 0 Å². The van der Waals surface area contributed by atoms with E-state index in [1.54, 1.807) is 18.5 Å². The first-order chi connectivity index (χ1) is 20.5. The molecule has 2 aliphatic heterocycles. The van der Waals surface area contributed by atoms with E-state index in [9.17, 15) is 9.90 Å². The Labute approximate surface area is 249 Å². The Kier molecular flexibility index (Phi) is 10.3. The minimum absolute atomic E-state index is 0.00177. The van der Waals surface area contributed by atoms with Gasteiger partial charge in [-0.1, -0.05) is 31.6 Å². The number of nitrogens with zero attached hydrogens (tertiary/aromatic N) is 4. The summed E-state index contributed by atoms with van der Waals surface area (Å²) in [7, 11) is 0. The van der Waals surface area contributed by atoms with Crippen LogP contribution in [0.1, 0.15) is 50.7 Å². The molecule has 5 rings (SSSR count). The molecule has 0 unspecified atom stereocenters. The fourth-order valence-corrected chi connectivity index (χ4v) is 6.00. The second-order valence-corrected chi connectivity index (χ2v) is 11.3. The van der Waals surface area contributed by atoms with Crippen molar-refractivity contribution in [2.24, 2.45) is 4.99 Å². The predicted octanol–water partition coefficient (Wildman–Crippen LogP) is 4.77. The highest BCUT2D eigenvalue weighted by Gasteiger charge is 2.24. The molecule has 1 aromatic heterocycles. The molecule has 0 spiro atoms. The minimum atomic E-state index is -0.0422. The molecule has 0 radical (unpaired) electrons. The summed E-state index contributed by atoms with van der Waals surface area (Å²) < 4.78 is 0. The third-order valence-electron chi connectivity index (χ3n) is 8.60. The first kappa shape index (κ1) is 29.9. The van der Waals surface area contributed by atoms with Gasteiger partial charge in [0, 0.05) is 75.9 Å². The molecule has 222 valence electrons. The molecule has 42 heavy (non-hydrogen) atoms. The van der Waals surface area contributed by atoms with Gasteiger partial charge in [-0.05, 0) is 77.6 Å². The number of aliphatic hydroxyl groups excluding tert-OH is 1. The second-order valence-electron chi connectivity index (χ2n) is 11.3. The molecular weight excluding hydrogens is 524 g/mol. The van der Waals surface area contributed by atoms with Gasteiger partial charge in [-0.2, -0.15) is 0 Å². The number of hydrogen-bond acceptors (Lipinski definition) is 7. The number of allylic oxidation sites excluding steroid dienone is 3. The molecule has 2 bridgehead atoms. The number of anilines is 1. The monoisotopic (exact) mass is 568 g/mol. The SMILES string of the molecule is CCC1=C2CC(=O)NC=CC(=C2CNc2ccc(CCN3CCN(CC)CC3)cc2)CC(=Nc2cc(CO)ccn2)C1. The normalized spacial score (nSPS) is 19.5. The summed E-state index contributed by atoms with van der Waals surface area (Å²) in [5, 5.41) is 16.1. The zero-order chi connectivity index (χ0) is 29.3. The fraction of sp³-hybridized carbons (Fsp3) is 0.441. The summed E-state index contributed by atoms with van der Waals surface area (Å²) in [5.74, 6) is 0.604. The summed E-state index contributed by atoms with van der Waals surface area (Å²) in [5.41, 5.74) is 8.91.